The maximum Gasteiger partial charge on any atom is 0.255 e. The molecule has 0 atom stereocenters. The van der Waals surface area contributed by atoms with Gasteiger partial charge in [0.25, 0.3) is 5.91 Å². The molecule has 1 amide bonds. The van der Waals surface area contributed by atoms with Gasteiger partial charge in [-0.3, -0.25) is 4.79 Å². The first-order valence-corrected chi connectivity index (χ1v) is 9.52. The Balaban J connectivity index is 1.51. The molecule has 0 saturated heterocycles. The monoisotopic (exact) mass is 379 g/mol. The van der Waals surface area contributed by atoms with Crippen molar-refractivity contribution in [3.05, 3.63) is 114 Å². The maximum atomic E-state index is 12.7. The van der Waals surface area contributed by atoms with Gasteiger partial charge in [-0.1, -0.05) is 91.0 Å². The van der Waals surface area contributed by atoms with E-state index in [1.54, 1.807) is 12.1 Å². The smallest absolute Gasteiger partial charge is 0.255 e. The molecule has 3 heteroatoms. The summed E-state index contributed by atoms with van der Waals surface area (Å²) in [4.78, 5) is 12.7. The molecular formula is C26H21NO2. The lowest BCUT2D eigenvalue weighted by atomic mass is 10.0. The summed E-state index contributed by atoms with van der Waals surface area (Å²) in [7, 11) is 0. The summed E-state index contributed by atoms with van der Waals surface area (Å²) in [5, 5.41) is 13.6. The third-order valence-electron chi connectivity index (χ3n) is 4.85. The summed E-state index contributed by atoms with van der Waals surface area (Å²) < 4.78 is 0. The first-order chi connectivity index (χ1) is 14.2. The van der Waals surface area contributed by atoms with Crippen LogP contribution < -0.4 is 5.32 Å². The molecule has 3 nitrogen and oxygen atoms in total. The fourth-order valence-electron chi connectivity index (χ4n) is 3.35. The summed E-state index contributed by atoms with van der Waals surface area (Å²) in [6.07, 6.45) is 0. The summed E-state index contributed by atoms with van der Waals surface area (Å²) in [6, 6.07) is 33.0. The van der Waals surface area contributed by atoms with Crippen LogP contribution in [0, 0.1) is 0 Å². The molecule has 0 fully saturated rings. The number of hydrogen-bond donors (Lipinski definition) is 2. The first-order valence-electron chi connectivity index (χ1n) is 9.52. The van der Waals surface area contributed by atoms with Crippen LogP contribution in [0.25, 0.3) is 22.3 Å². The van der Waals surface area contributed by atoms with Crippen molar-refractivity contribution in [3.8, 4) is 28.0 Å². The Morgan fingerprint density at radius 3 is 2.03 bits per heavy atom. The van der Waals surface area contributed by atoms with E-state index in [-0.39, 0.29) is 17.2 Å². The number of para-hydroxylation sites is 1. The average Bonchev–Trinajstić information content (AvgIpc) is 2.79. The number of carbonyl (C=O) groups is 1. The number of phenolic OH excluding ortho intramolecular Hbond substituents is 1. The molecule has 29 heavy (non-hydrogen) atoms. The molecule has 0 aliphatic rings. The van der Waals surface area contributed by atoms with Crippen LogP contribution in [0.1, 0.15) is 15.9 Å². The van der Waals surface area contributed by atoms with Gasteiger partial charge in [-0.05, 0) is 34.4 Å². The van der Waals surface area contributed by atoms with E-state index in [2.05, 4.69) is 29.6 Å². The number of rotatable bonds is 5. The van der Waals surface area contributed by atoms with E-state index >= 15 is 0 Å². The second kappa shape index (κ2) is 8.44. The van der Waals surface area contributed by atoms with Gasteiger partial charge in [-0.25, -0.2) is 0 Å². The maximum absolute atomic E-state index is 12.7. The minimum Gasteiger partial charge on any atom is -0.506 e. The standard InChI is InChI=1S/C26H21NO2/c28-25-23(21-12-5-2-6-13-21)15-8-16-24(25)26(29)27-18-19-9-7-14-22(17-19)20-10-3-1-4-11-20/h1-17,28H,18H2,(H,27,29). The molecule has 0 heterocycles. The van der Waals surface area contributed by atoms with Crippen molar-refractivity contribution in [2.24, 2.45) is 0 Å². The molecule has 142 valence electrons. The SMILES string of the molecule is O=C(NCc1cccc(-c2ccccc2)c1)c1cccc(-c2ccccc2)c1O. The highest BCUT2D eigenvalue weighted by molar-refractivity contribution is 5.99. The van der Waals surface area contributed by atoms with Crippen molar-refractivity contribution in [1.82, 2.24) is 5.32 Å². The number of phenols is 1. The average molecular weight is 379 g/mol. The highest BCUT2D eigenvalue weighted by Crippen LogP contribution is 2.32. The van der Waals surface area contributed by atoms with Crippen molar-refractivity contribution in [2.45, 2.75) is 6.54 Å². The van der Waals surface area contributed by atoms with Crippen molar-refractivity contribution < 1.29 is 9.90 Å². The molecule has 0 unspecified atom stereocenters. The van der Waals surface area contributed by atoms with Crippen LogP contribution in [0.15, 0.2) is 103 Å². The summed E-state index contributed by atoms with van der Waals surface area (Å²) in [6.45, 7) is 0.383. The van der Waals surface area contributed by atoms with Gasteiger partial charge in [0.15, 0.2) is 0 Å². The molecule has 0 saturated carbocycles. The van der Waals surface area contributed by atoms with Gasteiger partial charge < -0.3 is 10.4 Å². The van der Waals surface area contributed by atoms with Crippen LogP contribution in [0.4, 0.5) is 0 Å². The van der Waals surface area contributed by atoms with Crippen LogP contribution in [0.5, 0.6) is 5.75 Å². The molecule has 0 spiro atoms. The predicted octanol–water partition coefficient (Wildman–Crippen LogP) is 5.66. The Morgan fingerprint density at radius 1 is 0.690 bits per heavy atom. The topological polar surface area (TPSA) is 49.3 Å². The van der Waals surface area contributed by atoms with E-state index in [0.717, 1.165) is 22.3 Å². The van der Waals surface area contributed by atoms with Gasteiger partial charge in [-0.15, -0.1) is 0 Å². The van der Waals surface area contributed by atoms with E-state index < -0.39 is 0 Å². The minimum atomic E-state index is -0.301. The largest absolute Gasteiger partial charge is 0.506 e. The second-order valence-electron chi connectivity index (χ2n) is 6.82. The summed E-state index contributed by atoms with van der Waals surface area (Å²) in [5.41, 5.74) is 5.02. The molecule has 4 rings (SSSR count). The van der Waals surface area contributed by atoms with E-state index in [1.165, 1.54) is 0 Å². The lowest BCUT2D eigenvalue weighted by Crippen LogP contribution is -2.23. The van der Waals surface area contributed by atoms with Gasteiger partial charge in [0, 0.05) is 12.1 Å². The Morgan fingerprint density at radius 2 is 1.31 bits per heavy atom. The van der Waals surface area contributed by atoms with Gasteiger partial charge in [0.2, 0.25) is 0 Å². The van der Waals surface area contributed by atoms with E-state index in [9.17, 15) is 9.90 Å². The fourth-order valence-corrected chi connectivity index (χ4v) is 3.35. The van der Waals surface area contributed by atoms with E-state index in [0.29, 0.717) is 12.1 Å². The van der Waals surface area contributed by atoms with Crippen molar-refractivity contribution >= 4 is 5.91 Å². The van der Waals surface area contributed by atoms with Crippen LogP contribution in [-0.2, 0) is 6.54 Å². The number of nitrogens with one attached hydrogen (secondary N) is 1. The number of amides is 1. The number of carbonyl (C=O) groups excluding carboxylic acids is 1. The second-order valence-corrected chi connectivity index (χ2v) is 6.82. The van der Waals surface area contributed by atoms with E-state index in [1.807, 2.05) is 66.7 Å². The van der Waals surface area contributed by atoms with Crippen LogP contribution in [0.2, 0.25) is 0 Å². The lowest BCUT2D eigenvalue weighted by Gasteiger charge is -2.11. The fraction of sp³-hybridized carbons (Fsp3) is 0.0385. The third-order valence-corrected chi connectivity index (χ3v) is 4.85. The third kappa shape index (κ3) is 4.19. The quantitative estimate of drug-likeness (QED) is 0.470. The molecule has 0 bridgehead atoms. The zero-order chi connectivity index (χ0) is 20.1. The molecule has 4 aromatic rings. The Hall–Kier alpha value is -3.85. The first kappa shape index (κ1) is 18.5. The molecule has 0 aromatic heterocycles. The zero-order valence-corrected chi connectivity index (χ0v) is 15.9. The predicted molar refractivity (Wildman–Crippen MR) is 117 cm³/mol. The zero-order valence-electron chi connectivity index (χ0n) is 15.9. The Kier molecular flexibility index (Phi) is 5.39. The molecule has 0 radical (unpaired) electrons. The van der Waals surface area contributed by atoms with Crippen molar-refractivity contribution in [3.63, 3.8) is 0 Å². The van der Waals surface area contributed by atoms with Gasteiger partial charge in [0.1, 0.15) is 5.75 Å². The van der Waals surface area contributed by atoms with Crippen LogP contribution >= 0.6 is 0 Å². The van der Waals surface area contributed by atoms with Crippen LogP contribution in [-0.4, -0.2) is 11.0 Å². The number of hydrogen-bond acceptors (Lipinski definition) is 2. The Bertz CT molecular complexity index is 1120. The van der Waals surface area contributed by atoms with Gasteiger partial charge in [0.05, 0.1) is 5.56 Å². The highest BCUT2D eigenvalue weighted by atomic mass is 16.3. The molecule has 0 aliphatic heterocycles. The number of aromatic hydroxyl groups is 1. The van der Waals surface area contributed by atoms with Crippen LogP contribution in [0.3, 0.4) is 0 Å². The highest BCUT2D eigenvalue weighted by Gasteiger charge is 2.15. The van der Waals surface area contributed by atoms with Gasteiger partial charge in [-0.2, -0.15) is 0 Å². The molecule has 0 aliphatic carbocycles. The molecular weight excluding hydrogens is 358 g/mol. The lowest BCUT2D eigenvalue weighted by molar-refractivity contribution is 0.0948. The molecule has 2 N–H and O–H groups in total. The number of benzene rings is 4. The van der Waals surface area contributed by atoms with Crippen molar-refractivity contribution in [2.75, 3.05) is 0 Å². The van der Waals surface area contributed by atoms with Gasteiger partial charge >= 0.3 is 0 Å². The van der Waals surface area contributed by atoms with E-state index in [4.69, 9.17) is 0 Å². The normalized spacial score (nSPS) is 10.5. The molecule has 4 aromatic carbocycles. The summed E-state index contributed by atoms with van der Waals surface area (Å²) in [5.74, 6) is -0.306. The van der Waals surface area contributed by atoms with Crippen molar-refractivity contribution in [1.29, 1.82) is 0 Å². The Labute approximate surface area is 170 Å². The minimum absolute atomic E-state index is 0.00534. The summed E-state index contributed by atoms with van der Waals surface area (Å²) >= 11 is 0.